The van der Waals surface area contributed by atoms with E-state index >= 15 is 0 Å². The number of halogens is 1. The van der Waals surface area contributed by atoms with E-state index in [0.717, 1.165) is 24.2 Å². The van der Waals surface area contributed by atoms with Crippen LogP contribution < -0.4 is 5.32 Å². The fourth-order valence-electron chi connectivity index (χ4n) is 4.23. The van der Waals surface area contributed by atoms with Gasteiger partial charge in [-0.2, -0.15) is 0 Å². The number of hydrogen-bond acceptors (Lipinski definition) is 9. The summed E-state index contributed by atoms with van der Waals surface area (Å²) in [6, 6.07) is 5.97. The average molecular weight is 462 g/mol. The Kier molecular flexibility index (Phi) is 5.99. The highest BCUT2D eigenvalue weighted by atomic mass is 32.2. The van der Waals surface area contributed by atoms with Crippen LogP contribution in [0.2, 0.25) is 0 Å². The minimum Gasteiger partial charge on any atom is -0.391 e. The van der Waals surface area contributed by atoms with Crippen LogP contribution in [0, 0.1) is 5.82 Å². The highest BCUT2D eigenvalue weighted by molar-refractivity contribution is 7.99. The first-order valence-electron chi connectivity index (χ1n) is 10.5. The molecule has 4 N–H and O–H groups in total. The maximum atomic E-state index is 13.1. The molecular formula is C21H24FN5O4S. The third-order valence-corrected chi connectivity index (χ3v) is 7.10. The number of thioether (sulfide) groups is 1. The molecule has 11 heteroatoms. The molecule has 1 saturated heterocycles. The van der Waals surface area contributed by atoms with Gasteiger partial charge in [-0.3, -0.25) is 4.57 Å². The summed E-state index contributed by atoms with van der Waals surface area (Å²) in [5.74, 6) is 0.581. The number of anilines is 1. The molecule has 2 aromatic heterocycles. The van der Waals surface area contributed by atoms with Crippen LogP contribution in [0.3, 0.4) is 0 Å². The van der Waals surface area contributed by atoms with E-state index in [1.54, 1.807) is 16.7 Å². The van der Waals surface area contributed by atoms with E-state index in [9.17, 15) is 19.7 Å². The van der Waals surface area contributed by atoms with E-state index in [2.05, 4.69) is 20.3 Å². The standard InChI is InChI=1S/C21H24FN5O4S/c22-11-4-6-12(7-5-11)32-8-15-17(29)18(30)21(31-15)27-10-25-16-19(23-9-24-20(16)27)26-13-2-1-3-14(13)28/h4-7,9-10,13-15,17-18,21,28-30H,1-3,8H2,(H,23,24,26). The molecule has 1 aliphatic heterocycles. The zero-order chi connectivity index (χ0) is 22.2. The number of aliphatic hydroxyl groups is 3. The van der Waals surface area contributed by atoms with Gasteiger partial charge in [0.05, 0.1) is 24.6 Å². The van der Waals surface area contributed by atoms with Crippen LogP contribution in [0.4, 0.5) is 10.2 Å². The topological polar surface area (TPSA) is 126 Å². The number of aromatic nitrogens is 4. The Balaban J connectivity index is 1.33. The third-order valence-electron chi connectivity index (χ3n) is 6.00. The number of imidazole rings is 1. The van der Waals surface area contributed by atoms with Crippen molar-refractivity contribution >= 4 is 28.7 Å². The van der Waals surface area contributed by atoms with Crippen molar-refractivity contribution in [2.24, 2.45) is 0 Å². The second-order valence-corrected chi connectivity index (χ2v) is 9.20. The van der Waals surface area contributed by atoms with Gasteiger partial charge in [0.2, 0.25) is 0 Å². The van der Waals surface area contributed by atoms with E-state index < -0.39 is 30.6 Å². The van der Waals surface area contributed by atoms with Crippen LogP contribution in [-0.4, -0.2) is 71.0 Å². The molecule has 3 heterocycles. The van der Waals surface area contributed by atoms with Crippen molar-refractivity contribution in [2.75, 3.05) is 11.1 Å². The lowest BCUT2D eigenvalue weighted by Gasteiger charge is -2.18. The van der Waals surface area contributed by atoms with Gasteiger partial charge in [0.25, 0.3) is 0 Å². The van der Waals surface area contributed by atoms with Crippen LogP contribution in [-0.2, 0) is 4.74 Å². The Morgan fingerprint density at radius 1 is 1.09 bits per heavy atom. The lowest BCUT2D eigenvalue weighted by atomic mass is 10.1. The van der Waals surface area contributed by atoms with Gasteiger partial charge in [0, 0.05) is 10.6 Å². The largest absolute Gasteiger partial charge is 0.391 e. The zero-order valence-electron chi connectivity index (χ0n) is 17.1. The molecule has 170 valence electrons. The van der Waals surface area contributed by atoms with Crippen LogP contribution in [0.15, 0.2) is 41.8 Å². The molecule has 0 radical (unpaired) electrons. The van der Waals surface area contributed by atoms with Crippen LogP contribution >= 0.6 is 11.8 Å². The molecule has 3 aromatic rings. The quantitative estimate of drug-likeness (QED) is 0.406. The van der Waals surface area contributed by atoms with Gasteiger partial charge in [0.1, 0.15) is 24.4 Å². The fraction of sp³-hybridized carbons (Fsp3) is 0.476. The zero-order valence-corrected chi connectivity index (χ0v) is 17.9. The summed E-state index contributed by atoms with van der Waals surface area (Å²) < 4.78 is 20.7. The number of ether oxygens (including phenoxy) is 1. The summed E-state index contributed by atoms with van der Waals surface area (Å²) in [4.78, 5) is 13.8. The van der Waals surface area contributed by atoms with E-state index in [-0.39, 0.29) is 11.9 Å². The summed E-state index contributed by atoms with van der Waals surface area (Å²) in [6.07, 6.45) is 1.23. The fourth-order valence-corrected chi connectivity index (χ4v) is 5.20. The first kappa shape index (κ1) is 21.5. The second-order valence-electron chi connectivity index (χ2n) is 8.11. The Bertz CT molecular complexity index is 1080. The molecule has 2 fully saturated rings. The molecule has 1 aliphatic carbocycles. The average Bonchev–Trinajstić information content (AvgIpc) is 3.47. The van der Waals surface area contributed by atoms with E-state index in [1.165, 1.54) is 36.5 Å². The lowest BCUT2D eigenvalue weighted by Crippen LogP contribution is -2.32. The Labute approximate surface area is 187 Å². The highest BCUT2D eigenvalue weighted by Gasteiger charge is 2.44. The van der Waals surface area contributed by atoms with E-state index in [0.29, 0.717) is 22.7 Å². The molecule has 6 unspecified atom stereocenters. The number of nitrogens with one attached hydrogen (secondary N) is 1. The summed E-state index contributed by atoms with van der Waals surface area (Å²) in [6.45, 7) is 0. The van der Waals surface area contributed by atoms with E-state index in [4.69, 9.17) is 4.74 Å². The number of nitrogens with zero attached hydrogens (tertiary/aromatic N) is 4. The predicted molar refractivity (Wildman–Crippen MR) is 116 cm³/mol. The Morgan fingerprint density at radius 2 is 1.91 bits per heavy atom. The van der Waals surface area contributed by atoms with Crippen molar-refractivity contribution < 1.29 is 24.4 Å². The molecule has 0 bridgehead atoms. The monoisotopic (exact) mass is 461 g/mol. The van der Waals surface area contributed by atoms with Gasteiger partial charge >= 0.3 is 0 Å². The van der Waals surface area contributed by atoms with E-state index in [1.807, 2.05) is 0 Å². The van der Waals surface area contributed by atoms with Crippen molar-refractivity contribution in [1.29, 1.82) is 0 Å². The van der Waals surface area contributed by atoms with Crippen molar-refractivity contribution in [3.63, 3.8) is 0 Å². The smallest absolute Gasteiger partial charge is 0.167 e. The molecule has 1 aromatic carbocycles. The summed E-state index contributed by atoms with van der Waals surface area (Å²) in [7, 11) is 0. The number of hydrogen-bond donors (Lipinski definition) is 4. The van der Waals surface area contributed by atoms with Crippen molar-refractivity contribution in [2.45, 2.75) is 60.8 Å². The van der Waals surface area contributed by atoms with Crippen molar-refractivity contribution in [3.05, 3.63) is 42.7 Å². The molecule has 6 atom stereocenters. The Hall–Kier alpha value is -2.31. The molecule has 2 aliphatic rings. The molecule has 0 amide bonds. The first-order chi connectivity index (χ1) is 15.5. The predicted octanol–water partition coefficient (Wildman–Crippen LogP) is 1.70. The van der Waals surface area contributed by atoms with Crippen molar-refractivity contribution in [3.8, 4) is 0 Å². The third kappa shape index (κ3) is 4.06. The maximum absolute atomic E-state index is 13.1. The number of rotatable bonds is 6. The number of benzene rings is 1. The number of fused-ring (bicyclic) bond motifs is 1. The minimum absolute atomic E-state index is 0.0961. The van der Waals surface area contributed by atoms with Gasteiger partial charge in [0.15, 0.2) is 23.2 Å². The van der Waals surface area contributed by atoms with Crippen molar-refractivity contribution in [1.82, 2.24) is 19.5 Å². The maximum Gasteiger partial charge on any atom is 0.167 e. The van der Waals surface area contributed by atoms with Gasteiger partial charge in [-0.1, -0.05) is 0 Å². The summed E-state index contributed by atoms with van der Waals surface area (Å²) in [5, 5.41) is 34.5. The second kappa shape index (κ2) is 8.91. The van der Waals surface area contributed by atoms with Gasteiger partial charge < -0.3 is 25.4 Å². The number of aliphatic hydroxyl groups excluding tert-OH is 3. The minimum atomic E-state index is -1.17. The molecule has 0 spiro atoms. The summed E-state index contributed by atoms with van der Waals surface area (Å²) in [5.41, 5.74) is 0.958. The molecular weight excluding hydrogens is 437 g/mol. The van der Waals surface area contributed by atoms with Crippen LogP contribution in [0.25, 0.3) is 11.2 Å². The van der Waals surface area contributed by atoms with Crippen LogP contribution in [0.1, 0.15) is 25.5 Å². The van der Waals surface area contributed by atoms with Gasteiger partial charge in [-0.25, -0.2) is 19.3 Å². The van der Waals surface area contributed by atoms with Gasteiger partial charge in [-0.05, 0) is 43.5 Å². The molecule has 1 saturated carbocycles. The summed E-state index contributed by atoms with van der Waals surface area (Å²) >= 11 is 1.41. The first-order valence-corrected chi connectivity index (χ1v) is 11.5. The highest BCUT2D eigenvalue weighted by Crippen LogP contribution is 2.35. The normalized spacial score (nSPS) is 30.2. The SMILES string of the molecule is OC1CCCC1Nc1ncnc2c1ncn2C1OC(CSc2ccc(F)cc2)C(O)C1O. The van der Waals surface area contributed by atoms with Crippen LogP contribution in [0.5, 0.6) is 0 Å². The molecule has 32 heavy (non-hydrogen) atoms. The molecule has 5 rings (SSSR count). The van der Waals surface area contributed by atoms with Gasteiger partial charge in [-0.15, -0.1) is 11.8 Å². The lowest BCUT2D eigenvalue weighted by molar-refractivity contribution is -0.0289. The molecule has 9 nitrogen and oxygen atoms in total. The Morgan fingerprint density at radius 3 is 2.66 bits per heavy atom.